The normalized spacial score (nSPS) is 11.3. The van der Waals surface area contributed by atoms with E-state index in [-0.39, 0.29) is 21.1 Å². The topological polar surface area (TPSA) is 92.8 Å². The average molecular weight is 422 g/mol. The number of hydrogen-bond donors (Lipinski definition) is 0. The third-order valence-electron chi connectivity index (χ3n) is 4.51. The molecule has 0 amide bonds. The van der Waals surface area contributed by atoms with E-state index in [0.29, 0.717) is 28.4 Å². The zero-order valence-electron chi connectivity index (χ0n) is 14.8. The molecule has 2 aromatic carbocycles. The van der Waals surface area contributed by atoms with Crippen LogP contribution in [-0.4, -0.2) is 23.7 Å². The second-order valence-corrected chi connectivity index (χ2v) is 8.40. The van der Waals surface area contributed by atoms with Crippen LogP contribution in [0.25, 0.3) is 22.2 Å². The van der Waals surface area contributed by atoms with Crippen molar-refractivity contribution in [3.63, 3.8) is 0 Å². The van der Waals surface area contributed by atoms with Gasteiger partial charge in [0.25, 0.3) is 10.0 Å². The second-order valence-electron chi connectivity index (χ2n) is 6.18. The van der Waals surface area contributed by atoms with Crippen molar-refractivity contribution < 1.29 is 13.2 Å². The summed E-state index contributed by atoms with van der Waals surface area (Å²) in [6.07, 6.45) is 3.39. The molecule has 29 heavy (non-hydrogen) atoms. The van der Waals surface area contributed by atoms with Crippen molar-refractivity contribution in [2.75, 3.05) is 0 Å². The molecule has 0 bridgehead atoms. The molecule has 8 heteroatoms. The fraction of sp³-hybridized carbons (Fsp3) is 0. The molecule has 0 saturated heterocycles. The Morgan fingerprint density at radius 3 is 2.52 bits per heavy atom. The van der Waals surface area contributed by atoms with Gasteiger partial charge in [0.1, 0.15) is 6.07 Å². The molecule has 0 aliphatic heterocycles. The van der Waals surface area contributed by atoms with Gasteiger partial charge in [-0.05, 0) is 41.5 Å². The third-order valence-corrected chi connectivity index (χ3v) is 6.51. The minimum Gasteiger partial charge on any atom is -0.298 e. The first-order chi connectivity index (χ1) is 14.0. The number of aromatic nitrogens is 2. The maximum atomic E-state index is 13.1. The summed E-state index contributed by atoms with van der Waals surface area (Å²) < 4.78 is 27.2. The van der Waals surface area contributed by atoms with Crippen molar-refractivity contribution in [1.82, 2.24) is 8.96 Å². The van der Waals surface area contributed by atoms with Crippen LogP contribution in [0.1, 0.15) is 15.9 Å². The molecule has 0 N–H and O–H groups in total. The standard InChI is InChI=1S/C21H12ClN3O3S/c22-19-10-14(6-7-15(19)13-26)18-8-9-24-21-20(18)16(11-23)12-25(21)29(27,28)17-4-2-1-3-5-17/h1-10,12-13H. The van der Waals surface area contributed by atoms with Gasteiger partial charge in [-0.3, -0.25) is 4.79 Å². The van der Waals surface area contributed by atoms with Gasteiger partial charge in [-0.1, -0.05) is 35.9 Å². The molecule has 0 aliphatic carbocycles. The van der Waals surface area contributed by atoms with E-state index in [2.05, 4.69) is 4.98 Å². The van der Waals surface area contributed by atoms with E-state index in [1.807, 2.05) is 6.07 Å². The number of hydrogen-bond acceptors (Lipinski definition) is 5. The number of carbonyl (C=O) groups is 1. The van der Waals surface area contributed by atoms with Gasteiger partial charge in [0.15, 0.2) is 11.9 Å². The first kappa shape index (κ1) is 18.9. The molecule has 2 heterocycles. The van der Waals surface area contributed by atoms with Crippen molar-refractivity contribution in [3.8, 4) is 17.2 Å². The van der Waals surface area contributed by atoms with Crippen LogP contribution in [0.5, 0.6) is 0 Å². The molecular weight excluding hydrogens is 410 g/mol. The molecule has 4 aromatic rings. The van der Waals surface area contributed by atoms with Gasteiger partial charge in [0, 0.05) is 23.3 Å². The lowest BCUT2D eigenvalue weighted by Gasteiger charge is -2.08. The fourth-order valence-electron chi connectivity index (χ4n) is 3.13. The highest BCUT2D eigenvalue weighted by molar-refractivity contribution is 7.90. The van der Waals surface area contributed by atoms with E-state index in [0.717, 1.165) is 3.97 Å². The molecular formula is C21H12ClN3O3S. The van der Waals surface area contributed by atoms with Gasteiger partial charge in [-0.25, -0.2) is 17.4 Å². The lowest BCUT2D eigenvalue weighted by Crippen LogP contribution is -2.12. The molecule has 0 aliphatic rings. The van der Waals surface area contributed by atoms with Crippen LogP contribution < -0.4 is 0 Å². The Hall–Kier alpha value is -3.47. The number of aldehydes is 1. The minimum absolute atomic E-state index is 0.0898. The maximum Gasteiger partial charge on any atom is 0.269 e. The summed E-state index contributed by atoms with van der Waals surface area (Å²) in [5.41, 5.74) is 1.87. The minimum atomic E-state index is -3.94. The van der Waals surface area contributed by atoms with Crippen molar-refractivity contribution in [2.45, 2.75) is 4.90 Å². The van der Waals surface area contributed by atoms with E-state index in [1.54, 1.807) is 42.5 Å². The zero-order chi connectivity index (χ0) is 20.6. The maximum absolute atomic E-state index is 13.1. The Balaban J connectivity index is 2.01. The summed E-state index contributed by atoms with van der Waals surface area (Å²) in [4.78, 5) is 15.3. The summed E-state index contributed by atoms with van der Waals surface area (Å²) in [5.74, 6) is 0. The highest BCUT2D eigenvalue weighted by Gasteiger charge is 2.24. The highest BCUT2D eigenvalue weighted by Crippen LogP contribution is 2.34. The van der Waals surface area contributed by atoms with Crippen LogP contribution in [0.15, 0.2) is 71.9 Å². The molecule has 0 atom stereocenters. The Morgan fingerprint density at radius 1 is 1.10 bits per heavy atom. The van der Waals surface area contributed by atoms with E-state index >= 15 is 0 Å². The molecule has 0 spiro atoms. The van der Waals surface area contributed by atoms with Crippen LogP contribution in [0.3, 0.4) is 0 Å². The fourth-order valence-corrected chi connectivity index (χ4v) is 4.69. The monoisotopic (exact) mass is 421 g/mol. The zero-order valence-corrected chi connectivity index (χ0v) is 16.4. The lowest BCUT2D eigenvalue weighted by molar-refractivity contribution is 0.112. The molecule has 6 nitrogen and oxygen atoms in total. The first-order valence-corrected chi connectivity index (χ1v) is 10.2. The summed E-state index contributed by atoms with van der Waals surface area (Å²) >= 11 is 6.15. The second kappa shape index (κ2) is 7.17. The number of carbonyl (C=O) groups excluding carboxylic acids is 1. The van der Waals surface area contributed by atoms with Gasteiger partial charge >= 0.3 is 0 Å². The van der Waals surface area contributed by atoms with Crippen molar-refractivity contribution >= 4 is 38.9 Å². The summed E-state index contributed by atoms with van der Waals surface area (Å²) in [6, 6.07) is 16.5. The smallest absolute Gasteiger partial charge is 0.269 e. The molecule has 142 valence electrons. The summed E-state index contributed by atoms with van der Waals surface area (Å²) in [5, 5.41) is 10.3. The number of halogens is 1. The van der Waals surface area contributed by atoms with E-state index in [1.165, 1.54) is 24.5 Å². The number of fused-ring (bicyclic) bond motifs is 1. The van der Waals surface area contributed by atoms with Gasteiger partial charge in [-0.2, -0.15) is 5.26 Å². The van der Waals surface area contributed by atoms with E-state index in [9.17, 15) is 18.5 Å². The van der Waals surface area contributed by atoms with Gasteiger partial charge in [0.05, 0.1) is 15.5 Å². The lowest BCUT2D eigenvalue weighted by atomic mass is 10.0. The molecule has 0 radical (unpaired) electrons. The summed E-state index contributed by atoms with van der Waals surface area (Å²) in [7, 11) is -3.94. The predicted molar refractivity (Wildman–Crippen MR) is 109 cm³/mol. The predicted octanol–water partition coefficient (Wildman–Crippen LogP) is 4.28. The van der Waals surface area contributed by atoms with Gasteiger partial charge in [-0.15, -0.1) is 0 Å². The highest BCUT2D eigenvalue weighted by atomic mass is 35.5. The van der Waals surface area contributed by atoms with Crippen LogP contribution in [0.4, 0.5) is 0 Å². The number of nitrogens with zero attached hydrogens (tertiary/aromatic N) is 3. The van der Waals surface area contributed by atoms with Crippen LogP contribution in [0.2, 0.25) is 5.02 Å². The van der Waals surface area contributed by atoms with Gasteiger partial charge < -0.3 is 0 Å². The Labute approximate surface area is 171 Å². The molecule has 0 saturated carbocycles. The van der Waals surface area contributed by atoms with Crippen LogP contribution in [-0.2, 0) is 10.0 Å². The molecule has 4 rings (SSSR count). The Morgan fingerprint density at radius 2 is 1.86 bits per heavy atom. The quantitative estimate of drug-likeness (QED) is 0.458. The largest absolute Gasteiger partial charge is 0.298 e. The van der Waals surface area contributed by atoms with Crippen LogP contribution >= 0.6 is 11.6 Å². The molecule has 0 fully saturated rings. The summed E-state index contributed by atoms with van der Waals surface area (Å²) in [6.45, 7) is 0. The Kier molecular flexibility index (Phi) is 4.66. The molecule has 0 unspecified atom stereocenters. The number of nitriles is 1. The van der Waals surface area contributed by atoms with Crippen molar-refractivity contribution in [1.29, 1.82) is 5.26 Å². The molecule has 2 aromatic heterocycles. The first-order valence-electron chi connectivity index (χ1n) is 8.43. The van der Waals surface area contributed by atoms with E-state index < -0.39 is 10.0 Å². The third kappa shape index (κ3) is 3.09. The van der Waals surface area contributed by atoms with Crippen LogP contribution in [0, 0.1) is 11.3 Å². The van der Waals surface area contributed by atoms with E-state index in [4.69, 9.17) is 11.6 Å². The van der Waals surface area contributed by atoms with Crippen molar-refractivity contribution in [2.24, 2.45) is 0 Å². The number of benzene rings is 2. The van der Waals surface area contributed by atoms with Crippen molar-refractivity contribution in [3.05, 3.63) is 83.1 Å². The number of rotatable bonds is 4. The Bertz CT molecular complexity index is 1400. The number of pyridine rings is 1. The SMILES string of the molecule is N#Cc1cn(S(=O)(=O)c2ccccc2)c2nccc(-c3ccc(C=O)c(Cl)c3)c12. The average Bonchev–Trinajstić information content (AvgIpc) is 3.14. The van der Waals surface area contributed by atoms with Gasteiger partial charge in [0.2, 0.25) is 0 Å².